The molecule has 50 heavy (non-hydrogen) atoms. The normalized spacial score (nSPS) is 17.3. The fourth-order valence-electron chi connectivity index (χ4n) is 6.42. The molecular weight excluding hydrogens is 653 g/mol. The number of carbonyl (C=O) groups excluding carboxylic acids is 1. The van der Waals surface area contributed by atoms with Gasteiger partial charge in [0.05, 0.1) is 35.1 Å². The number of aryl methyl sites for hydroxylation is 2. The molecule has 1 atom stereocenters. The van der Waals surface area contributed by atoms with Crippen LogP contribution in [0.15, 0.2) is 100 Å². The highest BCUT2D eigenvalue weighted by Crippen LogP contribution is 2.41. The van der Waals surface area contributed by atoms with Crippen LogP contribution in [0.25, 0.3) is 22.5 Å². The van der Waals surface area contributed by atoms with Gasteiger partial charge >= 0.3 is 0 Å². The van der Waals surface area contributed by atoms with Crippen molar-refractivity contribution < 1.29 is 22.4 Å². The van der Waals surface area contributed by atoms with E-state index in [2.05, 4.69) is 19.7 Å². The number of amides is 1. The molecule has 0 unspecified atom stereocenters. The van der Waals surface area contributed by atoms with Crippen LogP contribution in [0.1, 0.15) is 57.3 Å². The minimum absolute atomic E-state index is 0.0446. The molecule has 8 rings (SSSR count). The van der Waals surface area contributed by atoms with E-state index in [0.29, 0.717) is 35.0 Å². The summed E-state index contributed by atoms with van der Waals surface area (Å²) in [4.78, 5) is 34.6. The Kier molecular flexibility index (Phi) is 8.02. The summed E-state index contributed by atoms with van der Waals surface area (Å²) in [6.45, 7) is 4.07. The second-order valence-corrected chi connectivity index (χ2v) is 14.6. The zero-order valence-electron chi connectivity index (χ0n) is 27.5. The molecule has 12 heteroatoms. The summed E-state index contributed by atoms with van der Waals surface area (Å²) in [5.74, 6) is 0.925. The minimum atomic E-state index is -4.20. The molecule has 6 aromatic rings. The first kappa shape index (κ1) is 31.6. The first-order valence-corrected chi connectivity index (χ1v) is 18.0. The monoisotopic (exact) mass is 686 g/mol. The van der Waals surface area contributed by atoms with E-state index >= 15 is 0 Å². The van der Waals surface area contributed by atoms with Crippen molar-refractivity contribution in [1.29, 1.82) is 0 Å². The van der Waals surface area contributed by atoms with Gasteiger partial charge in [0.2, 0.25) is 17.5 Å². The lowest BCUT2D eigenvalue weighted by atomic mass is 10.00. The molecular formula is C38H34N6O5S. The van der Waals surface area contributed by atoms with Crippen molar-refractivity contribution in [3.05, 3.63) is 125 Å². The maximum atomic E-state index is 14.6. The summed E-state index contributed by atoms with van der Waals surface area (Å²) >= 11 is 0. The van der Waals surface area contributed by atoms with Crippen LogP contribution in [0, 0.1) is 13.8 Å². The number of carbonyl (C=O) groups is 1. The van der Waals surface area contributed by atoms with Crippen LogP contribution in [0.2, 0.25) is 0 Å². The number of ether oxygens (including phenoxy) is 1. The van der Waals surface area contributed by atoms with Crippen molar-refractivity contribution in [3.8, 4) is 17.1 Å². The lowest BCUT2D eigenvalue weighted by Gasteiger charge is -2.32. The van der Waals surface area contributed by atoms with Gasteiger partial charge in [-0.15, -0.1) is 0 Å². The molecule has 2 aliphatic rings. The number of hydrogen-bond donors (Lipinski definition) is 1. The summed E-state index contributed by atoms with van der Waals surface area (Å²) in [6, 6.07) is 24.8. The molecule has 1 saturated carbocycles. The maximum absolute atomic E-state index is 14.6. The Balaban J connectivity index is 1.25. The molecule has 0 saturated heterocycles. The predicted molar refractivity (Wildman–Crippen MR) is 187 cm³/mol. The van der Waals surface area contributed by atoms with E-state index in [4.69, 9.17) is 14.1 Å². The number of benzene rings is 3. The van der Waals surface area contributed by atoms with Crippen LogP contribution in [0.3, 0.4) is 0 Å². The Hall–Kier alpha value is -5.62. The van der Waals surface area contributed by atoms with Crippen molar-refractivity contribution in [2.75, 3.05) is 11.3 Å². The van der Waals surface area contributed by atoms with Crippen molar-refractivity contribution in [3.63, 3.8) is 0 Å². The van der Waals surface area contributed by atoms with Crippen molar-refractivity contribution >= 4 is 33.1 Å². The van der Waals surface area contributed by atoms with Crippen LogP contribution in [-0.2, 0) is 23.0 Å². The van der Waals surface area contributed by atoms with Crippen LogP contribution in [0.5, 0.6) is 5.88 Å². The average Bonchev–Trinajstić information content (AvgIpc) is 3.87. The van der Waals surface area contributed by atoms with E-state index in [1.54, 1.807) is 29.3 Å². The van der Waals surface area contributed by atoms with Gasteiger partial charge in [0.25, 0.3) is 15.9 Å². The second kappa shape index (κ2) is 12.7. The molecule has 1 amide bonds. The van der Waals surface area contributed by atoms with Crippen LogP contribution in [-0.4, -0.2) is 51.8 Å². The predicted octanol–water partition coefficient (Wildman–Crippen LogP) is 6.62. The van der Waals surface area contributed by atoms with Gasteiger partial charge in [0.1, 0.15) is 17.9 Å². The zero-order valence-corrected chi connectivity index (χ0v) is 28.4. The Labute approximate surface area is 289 Å². The largest absolute Gasteiger partial charge is 0.475 e. The van der Waals surface area contributed by atoms with Gasteiger partial charge in [0.15, 0.2) is 0 Å². The summed E-state index contributed by atoms with van der Waals surface area (Å²) < 4.78 is 42.3. The SMILES string of the molecule is Cc1cccc(C)c1-c1cc2nc(n1)NS(=O)(=O)c1cccc(c1)C(=O)N(Cc1cnc3oc(C4CC4)cc3n1)[C@H](Cc1ccccc1)CO2. The molecule has 1 fully saturated rings. The molecule has 11 nitrogen and oxygen atoms in total. The molecule has 3 aromatic carbocycles. The van der Waals surface area contributed by atoms with E-state index in [1.807, 2.05) is 68.4 Å². The first-order chi connectivity index (χ1) is 24.2. The third-order valence-electron chi connectivity index (χ3n) is 9.12. The number of nitrogens with one attached hydrogen (secondary N) is 1. The summed E-state index contributed by atoms with van der Waals surface area (Å²) in [5.41, 5.74) is 6.12. The molecule has 0 radical (unpaired) electrons. The third kappa shape index (κ3) is 6.41. The Morgan fingerprint density at radius 1 is 0.900 bits per heavy atom. The van der Waals surface area contributed by atoms with Gasteiger partial charge in [0, 0.05) is 29.2 Å². The third-order valence-corrected chi connectivity index (χ3v) is 10.4. The molecule has 0 spiro atoms. The second-order valence-electron chi connectivity index (χ2n) is 12.9. The van der Waals surface area contributed by atoms with Gasteiger partial charge in [-0.3, -0.25) is 4.79 Å². The highest BCUT2D eigenvalue weighted by molar-refractivity contribution is 7.92. The molecule has 1 aliphatic carbocycles. The number of furan rings is 1. The van der Waals surface area contributed by atoms with Gasteiger partial charge < -0.3 is 14.1 Å². The fraction of sp³-hybridized carbons (Fsp3) is 0.237. The molecule has 252 valence electrons. The average molecular weight is 687 g/mol. The number of aromatic nitrogens is 4. The lowest BCUT2D eigenvalue weighted by molar-refractivity contribution is 0.0584. The Morgan fingerprint density at radius 3 is 2.46 bits per heavy atom. The molecule has 4 bridgehead atoms. The van der Waals surface area contributed by atoms with Crippen LogP contribution < -0.4 is 9.46 Å². The number of hydrogen-bond acceptors (Lipinski definition) is 9. The van der Waals surface area contributed by atoms with E-state index in [0.717, 1.165) is 40.9 Å². The summed E-state index contributed by atoms with van der Waals surface area (Å²) in [5, 5.41) is 0. The molecule has 1 aliphatic heterocycles. The number of rotatable bonds is 6. The minimum Gasteiger partial charge on any atom is -0.475 e. The highest BCUT2D eigenvalue weighted by atomic mass is 32.2. The fourth-order valence-corrected chi connectivity index (χ4v) is 7.41. The lowest BCUT2D eigenvalue weighted by Crippen LogP contribution is -2.45. The number of anilines is 1. The molecule has 4 heterocycles. The summed E-state index contributed by atoms with van der Waals surface area (Å²) in [7, 11) is -4.20. The first-order valence-electron chi connectivity index (χ1n) is 16.5. The quantitative estimate of drug-likeness (QED) is 0.205. The molecule has 1 N–H and O–H groups in total. The smallest absolute Gasteiger partial charge is 0.264 e. The van der Waals surface area contributed by atoms with Gasteiger partial charge in [-0.05, 0) is 68.0 Å². The Morgan fingerprint density at radius 2 is 1.68 bits per heavy atom. The van der Waals surface area contributed by atoms with Gasteiger partial charge in [-0.2, -0.15) is 4.98 Å². The van der Waals surface area contributed by atoms with Crippen molar-refractivity contribution in [1.82, 2.24) is 24.8 Å². The number of fused-ring (bicyclic) bond motifs is 5. The van der Waals surface area contributed by atoms with Crippen LogP contribution >= 0.6 is 0 Å². The highest BCUT2D eigenvalue weighted by Gasteiger charge is 2.31. The standard InChI is InChI=1S/C38H34N6O5S/c1-23-8-6-9-24(2)35(23)31-19-34-42-38(41-31)43-50(46,47)30-13-7-12-27(17-30)37(45)44(29(22-48-34)16-25-10-4-3-5-11-25)21-28-20-39-36-32(40-28)18-33(49-36)26-14-15-26/h3-13,17-20,26,29H,14-16,21-22H2,1-2H3,(H,41,42,43)/t29-/m1/s1. The number of sulfonamides is 1. The number of nitrogens with zero attached hydrogens (tertiary/aromatic N) is 5. The molecule has 3 aromatic heterocycles. The van der Waals surface area contributed by atoms with E-state index in [1.165, 1.54) is 12.1 Å². The van der Waals surface area contributed by atoms with Crippen molar-refractivity contribution in [2.24, 2.45) is 0 Å². The van der Waals surface area contributed by atoms with Crippen molar-refractivity contribution in [2.45, 2.75) is 56.5 Å². The summed E-state index contributed by atoms with van der Waals surface area (Å²) in [6.07, 6.45) is 4.23. The van der Waals surface area contributed by atoms with E-state index in [-0.39, 0.29) is 41.3 Å². The maximum Gasteiger partial charge on any atom is 0.264 e. The Bertz CT molecular complexity index is 2340. The van der Waals surface area contributed by atoms with Gasteiger partial charge in [-0.25, -0.2) is 28.1 Å². The van der Waals surface area contributed by atoms with E-state index < -0.39 is 16.1 Å². The zero-order chi connectivity index (χ0) is 34.4. The van der Waals surface area contributed by atoms with Crippen LogP contribution in [0.4, 0.5) is 5.95 Å². The topological polar surface area (TPSA) is 140 Å². The van der Waals surface area contributed by atoms with Gasteiger partial charge in [-0.1, -0.05) is 54.6 Å². The van der Waals surface area contributed by atoms with E-state index in [9.17, 15) is 13.2 Å².